The lowest BCUT2D eigenvalue weighted by Gasteiger charge is -2.35. The first-order valence-corrected chi connectivity index (χ1v) is 38.5. The zero-order valence-electron chi connectivity index (χ0n) is 62.7. The minimum atomic E-state index is -0.633. The Morgan fingerprint density at radius 3 is 1.38 bits per heavy atom. The van der Waals surface area contributed by atoms with Gasteiger partial charge >= 0.3 is 0 Å². The maximum Gasteiger partial charge on any atom is 0.276 e. The number of anilines is 6. The van der Waals surface area contributed by atoms with E-state index in [1.54, 1.807) is 45.4 Å². The van der Waals surface area contributed by atoms with Gasteiger partial charge in [0.05, 0.1) is 43.0 Å². The van der Waals surface area contributed by atoms with Gasteiger partial charge < -0.3 is 51.0 Å². The first-order chi connectivity index (χ1) is 51.7. The number of amides is 2. The standard InChI is InChI=1S/C27H34N6O3.C26H33N7O3.C25H31N7O3/c1-17-12-20(26(35)33-23(17)21(34)13-27(33)8-4-5-9-27)30-25-24-19(3)22(14-32(24)29-16-28-25)36-15-18(2)31-10-6-7-11-31;1-16-11-19(25(35)33-21(16)24(34)30-26(33)8-5-4-6-9-26)29-23-22-17(2)20(13-32(22)28-15-27-23)36-14-18-7-10-31(3)12-18;1-15-10-18(24(34)32-20(15)23(33)30-25(32)7-4-3-5-8-25)29-22-21-16(2)19(12-31(21)28-14-27-22)35-13-17-6-9-26-11-17/h12,14,16,18H,4-11,13,15H2,1-3H3,(H,28,29,30);11,13,15,18H,4-10,12,14H2,1-3H3,(H,30,34)(H,27,28,29);10,12,14,17,26H,3-9,11,13H2,1-2H3,(H,30,33)(H,27,28,29)/t18-;;/m1../s1. The van der Waals surface area contributed by atoms with E-state index in [1.165, 1.54) is 31.8 Å². The number of fused-ring (bicyclic) bond motifs is 9. The third-order valence-corrected chi connectivity index (χ3v) is 24.2. The summed E-state index contributed by atoms with van der Waals surface area (Å²) in [5.74, 6) is 4.66. The Balaban J connectivity index is 0.000000123. The molecule has 29 nitrogen and oxygen atoms in total. The number of carbonyl (C=O) groups is 3. The second kappa shape index (κ2) is 28.6. The molecule has 3 spiro atoms. The van der Waals surface area contributed by atoms with Crippen molar-refractivity contribution in [2.24, 2.45) is 11.8 Å². The zero-order chi connectivity index (χ0) is 74.2. The molecule has 6 fully saturated rings. The van der Waals surface area contributed by atoms with Gasteiger partial charge in [-0.2, -0.15) is 15.3 Å². The molecule has 0 bridgehead atoms. The van der Waals surface area contributed by atoms with Crippen molar-refractivity contribution in [1.29, 1.82) is 0 Å². The van der Waals surface area contributed by atoms with Gasteiger partial charge in [0.1, 0.15) is 99.2 Å². The molecule has 9 aromatic heterocycles. The number of ether oxygens (including phenoxy) is 3. The number of aryl methyl sites for hydroxylation is 6. The Labute approximate surface area is 619 Å². The fraction of sp³-hybridized carbons (Fsp3) is 0.538. The van der Waals surface area contributed by atoms with E-state index in [-0.39, 0.29) is 39.8 Å². The quantitative estimate of drug-likeness (QED) is 0.0524. The molecule has 3 saturated carbocycles. The summed E-state index contributed by atoms with van der Waals surface area (Å²) >= 11 is 0. The van der Waals surface area contributed by atoms with Gasteiger partial charge in [-0.15, -0.1) is 0 Å². The predicted octanol–water partition coefficient (Wildman–Crippen LogP) is 9.51. The maximum atomic E-state index is 13.8. The lowest BCUT2D eigenvalue weighted by Crippen LogP contribution is -2.48. The summed E-state index contributed by atoms with van der Waals surface area (Å²) in [6, 6.07) is 5.63. The molecule has 6 N–H and O–H groups in total. The number of nitrogens with zero attached hydrogens (tertiary/aromatic N) is 14. The van der Waals surface area contributed by atoms with E-state index in [9.17, 15) is 28.8 Å². The van der Waals surface area contributed by atoms with Crippen molar-refractivity contribution in [2.75, 3.05) is 82.1 Å². The Hall–Kier alpha value is -10.0. The Morgan fingerprint density at radius 2 is 0.944 bits per heavy atom. The highest BCUT2D eigenvalue weighted by Gasteiger charge is 2.49. The second-order valence-electron chi connectivity index (χ2n) is 31.6. The SMILES string of the molecule is Cc1cc(Nc2ncnn3cc(OCC4CCN(C)C4)c(C)c23)c(=O)n2c1C(=O)NC21CCCCC1.Cc1cc(Nc2ncnn3cc(OCC4CCNC4)c(C)c23)c(=O)n2c1C(=O)NC21CCCCC1.Cc1cc(Nc2ncnn3cc(OC[C@@H](C)N4CCCC4)c(C)c23)c(=O)n2c1C(=O)CC21CCCC1. The van der Waals surface area contributed by atoms with Crippen LogP contribution in [0.5, 0.6) is 17.2 Å². The van der Waals surface area contributed by atoms with Crippen molar-refractivity contribution in [3.63, 3.8) is 0 Å². The number of ketones is 1. The van der Waals surface area contributed by atoms with Gasteiger partial charge in [-0.05, 0) is 206 Å². The highest BCUT2D eigenvalue weighted by atomic mass is 16.5. The summed E-state index contributed by atoms with van der Waals surface area (Å²) in [7, 11) is 2.14. The van der Waals surface area contributed by atoms with Crippen molar-refractivity contribution in [3.8, 4) is 17.2 Å². The molecule has 564 valence electrons. The van der Waals surface area contributed by atoms with Crippen LogP contribution < -0.4 is 62.8 Å². The third-order valence-electron chi connectivity index (χ3n) is 24.2. The lowest BCUT2D eigenvalue weighted by atomic mass is 9.89. The first-order valence-electron chi connectivity index (χ1n) is 38.5. The smallest absolute Gasteiger partial charge is 0.276 e. The van der Waals surface area contributed by atoms with E-state index in [1.807, 2.05) is 60.1 Å². The van der Waals surface area contributed by atoms with Crippen LogP contribution in [-0.4, -0.2) is 157 Å². The molecule has 3 atom stereocenters. The van der Waals surface area contributed by atoms with E-state index < -0.39 is 11.3 Å². The molecule has 2 amide bonds. The Morgan fingerprint density at radius 1 is 0.514 bits per heavy atom. The summed E-state index contributed by atoms with van der Waals surface area (Å²) in [6.07, 6.45) is 28.3. The Bertz CT molecular complexity index is 5170. The summed E-state index contributed by atoms with van der Waals surface area (Å²) in [6.45, 7) is 22.1. The summed E-state index contributed by atoms with van der Waals surface area (Å²) < 4.78 is 29.0. The van der Waals surface area contributed by atoms with Crippen LogP contribution in [0.2, 0.25) is 0 Å². The van der Waals surface area contributed by atoms with E-state index >= 15 is 0 Å². The highest BCUT2D eigenvalue weighted by Crippen LogP contribution is 2.46. The molecule has 2 unspecified atom stereocenters. The summed E-state index contributed by atoms with van der Waals surface area (Å²) in [5.41, 5.74) is 7.92. The number of Topliss-reactive ketones (excluding diaryl/α,β-unsaturated/α-hetero) is 1. The molecule has 18 rings (SSSR count). The van der Waals surface area contributed by atoms with Crippen LogP contribution >= 0.6 is 0 Å². The highest BCUT2D eigenvalue weighted by molar-refractivity contribution is 6.00. The Kier molecular flexibility index (Phi) is 19.1. The minimum Gasteiger partial charge on any atom is -0.491 e. The molecule has 0 radical (unpaired) electrons. The van der Waals surface area contributed by atoms with Gasteiger partial charge in [-0.25, -0.2) is 28.5 Å². The monoisotopic (exact) mass is 1460 g/mol. The number of hydrogen-bond acceptors (Lipinski definition) is 21. The number of carbonyl (C=O) groups excluding carboxylic acids is 3. The average molecular weight is 1460 g/mol. The molecule has 3 saturated heterocycles. The van der Waals surface area contributed by atoms with Crippen LogP contribution in [0.1, 0.15) is 194 Å². The molecule has 9 aliphatic rings. The maximum absolute atomic E-state index is 13.8. The van der Waals surface area contributed by atoms with E-state index in [0.717, 1.165) is 209 Å². The fourth-order valence-electron chi connectivity index (χ4n) is 18.6. The van der Waals surface area contributed by atoms with Gasteiger partial charge in [0, 0.05) is 54.1 Å². The topological polar surface area (TPSA) is 314 Å². The van der Waals surface area contributed by atoms with Crippen LogP contribution in [0.4, 0.5) is 34.5 Å². The molecule has 6 aliphatic heterocycles. The second-order valence-corrected chi connectivity index (χ2v) is 31.6. The van der Waals surface area contributed by atoms with Crippen molar-refractivity contribution < 1.29 is 28.6 Å². The van der Waals surface area contributed by atoms with E-state index in [0.29, 0.717) is 95.7 Å². The molecule has 0 aromatic carbocycles. The van der Waals surface area contributed by atoms with Crippen LogP contribution in [0.15, 0.2) is 70.2 Å². The summed E-state index contributed by atoms with van der Waals surface area (Å²) in [5, 5.41) is 32.6. The fourth-order valence-corrected chi connectivity index (χ4v) is 18.6. The largest absolute Gasteiger partial charge is 0.491 e. The predicted molar refractivity (Wildman–Crippen MR) is 405 cm³/mol. The van der Waals surface area contributed by atoms with Crippen molar-refractivity contribution >= 4 is 68.7 Å². The van der Waals surface area contributed by atoms with Gasteiger partial charge in [-0.3, -0.25) is 47.4 Å². The van der Waals surface area contributed by atoms with Crippen molar-refractivity contribution in [2.45, 2.75) is 193 Å². The van der Waals surface area contributed by atoms with Crippen LogP contribution in [-0.2, 0) is 16.9 Å². The number of likely N-dealkylation sites (tertiary alicyclic amines) is 2. The molecular formula is C78H98N20O9. The van der Waals surface area contributed by atoms with Crippen LogP contribution in [0.3, 0.4) is 0 Å². The molecule has 29 heteroatoms. The van der Waals surface area contributed by atoms with Gasteiger partial charge in [0.25, 0.3) is 28.5 Å². The number of aromatic nitrogens is 12. The summed E-state index contributed by atoms with van der Waals surface area (Å²) in [4.78, 5) is 98.0. The molecular weight excluding hydrogens is 1360 g/mol. The van der Waals surface area contributed by atoms with E-state index in [2.05, 4.69) is 85.9 Å². The average Bonchev–Trinajstić information content (AvgIpc) is 1.59. The van der Waals surface area contributed by atoms with Crippen molar-refractivity contribution in [3.05, 3.63) is 137 Å². The number of nitrogens with one attached hydrogen (secondary N) is 6. The zero-order valence-corrected chi connectivity index (χ0v) is 62.7. The van der Waals surface area contributed by atoms with Crippen LogP contribution in [0, 0.1) is 53.4 Å². The molecule has 9 aromatic rings. The number of hydrogen-bond donors (Lipinski definition) is 6. The molecule has 15 heterocycles. The molecule has 107 heavy (non-hydrogen) atoms. The minimum absolute atomic E-state index is 0.0786. The van der Waals surface area contributed by atoms with Crippen molar-refractivity contribution in [1.82, 2.24) is 83.2 Å². The number of rotatable bonds is 16. The first kappa shape index (κ1) is 71.3. The van der Waals surface area contributed by atoms with Gasteiger partial charge in [-0.1, -0.05) is 25.7 Å². The lowest BCUT2D eigenvalue weighted by molar-refractivity contribution is 0.0867. The normalized spacial score (nSPS) is 20.7. The van der Waals surface area contributed by atoms with Crippen LogP contribution in [0.25, 0.3) is 16.6 Å². The third kappa shape index (κ3) is 12.9. The van der Waals surface area contributed by atoms with E-state index in [4.69, 9.17) is 14.2 Å². The molecule has 3 aliphatic carbocycles. The van der Waals surface area contributed by atoms with Gasteiger partial charge in [0.15, 0.2) is 23.2 Å². The van der Waals surface area contributed by atoms with Gasteiger partial charge in [0.2, 0.25) is 0 Å². The number of pyridine rings is 3.